The maximum absolute atomic E-state index is 11.1. The Hall–Kier alpha value is -2.14. The highest BCUT2D eigenvalue weighted by molar-refractivity contribution is 6.29. The van der Waals surface area contributed by atoms with Gasteiger partial charge in [0.05, 0.1) is 5.69 Å². The number of para-hydroxylation sites is 2. The van der Waals surface area contributed by atoms with Gasteiger partial charge in [0.2, 0.25) is 11.8 Å². The van der Waals surface area contributed by atoms with E-state index in [9.17, 15) is 4.79 Å². The van der Waals surface area contributed by atoms with Crippen LogP contribution in [0.3, 0.4) is 0 Å². The predicted molar refractivity (Wildman–Crippen MR) is 67.9 cm³/mol. The van der Waals surface area contributed by atoms with Crippen LogP contribution in [-0.2, 0) is 4.79 Å². The van der Waals surface area contributed by atoms with Gasteiger partial charge in [-0.2, -0.15) is 0 Å². The number of nitrogens with one attached hydrogen (secondary N) is 1. The topological polar surface area (TPSA) is 64.1 Å². The van der Waals surface area contributed by atoms with Gasteiger partial charge in [-0.15, -0.1) is 0 Å². The third-order valence-corrected chi connectivity index (χ3v) is 2.23. The standard InChI is InChI=1S/C12H10ClN3O2/c1-8(17)16-9-4-2-3-5-10(9)18-12-6-11(13)14-7-15-12/h2-7H,1H3,(H,16,17). The summed E-state index contributed by atoms with van der Waals surface area (Å²) in [4.78, 5) is 18.7. The van der Waals surface area contributed by atoms with Gasteiger partial charge in [0.1, 0.15) is 11.5 Å². The number of benzene rings is 1. The summed E-state index contributed by atoms with van der Waals surface area (Å²) in [5.74, 6) is 0.627. The number of hydrogen-bond donors (Lipinski definition) is 1. The Bertz CT molecular complexity index is 575. The van der Waals surface area contributed by atoms with Crippen molar-refractivity contribution in [3.05, 3.63) is 41.8 Å². The summed E-state index contributed by atoms with van der Waals surface area (Å²) >= 11 is 5.73. The third-order valence-electron chi connectivity index (χ3n) is 2.02. The van der Waals surface area contributed by atoms with Crippen molar-refractivity contribution >= 4 is 23.2 Å². The van der Waals surface area contributed by atoms with Gasteiger partial charge in [-0.25, -0.2) is 9.97 Å². The van der Waals surface area contributed by atoms with E-state index in [1.54, 1.807) is 24.3 Å². The molecule has 0 saturated heterocycles. The second-order valence-corrected chi connectivity index (χ2v) is 3.85. The van der Waals surface area contributed by atoms with Crippen molar-refractivity contribution in [1.82, 2.24) is 9.97 Å². The molecule has 0 unspecified atom stereocenters. The molecule has 0 aliphatic heterocycles. The molecule has 1 aromatic carbocycles. The Balaban J connectivity index is 2.26. The smallest absolute Gasteiger partial charge is 0.223 e. The van der Waals surface area contributed by atoms with E-state index in [2.05, 4.69) is 15.3 Å². The lowest BCUT2D eigenvalue weighted by Gasteiger charge is -2.10. The van der Waals surface area contributed by atoms with Crippen molar-refractivity contribution in [2.45, 2.75) is 6.92 Å². The van der Waals surface area contributed by atoms with Crippen molar-refractivity contribution in [3.63, 3.8) is 0 Å². The van der Waals surface area contributed by atoms with Crippen LogP contribution in [0.25, 0.3) is 0 Å². The molecule has 0 radical (unpaired) electrons. The molecule has 1 aromatic heterocycles. The summed E-state index contributed by atoms with van der Waals surface area (Å²) in [5, 5.41) is 2.96. The molecular weight excluding hydrogens is 254 g/mol. The monoisotopic (exact) mass is 263 g/mol. The molecule has 1 N–H and O–H groups in total. The van der Waals surface area contributed by atoms with Crippen molar-refractivity contribution in [2.75, 3.05) is 5.32 Å². The van der Waals surface area contributed by atoms with E-state index in [1.807, 2.05) is 0 Å². The van der Waals surface area contributed by atoms with E-state index in [4.69, 9.17) is 16.3 Å². The van der Waals surface area contributed by atoms with E-state index in [0.29, 0.717) is 17.3 Å². The van der Waals surface area contributed by atoms with Gasteiger partial charge in [-0.3, -0.25) is 4.79 Å². The number of carbonyl (C=O) groups excluding carboxylic acids is 1. The molecule has 18 heavy (non-hydrogen) atoms. The minimum Gasteiger partial charge on any atom is -0.437 e. The molecule has 2 rings (SSSR count). The number of aromatic nitrogens is 2. The minimum absolute atomic E-state index is 0.174. The number of ether oxygens (including phenoxy) is 1. The number of hydrogen-bond acceptors (Lipinski definition) is 4. The van der Waals surface area contributed by atoms with E-state index < -0.39 is 0 Å². The second-order valence-electron chi connectivity index (χ2n) is 3.46. The Morgan fingerprint density at radius 2 is 2.11 bits per heavy atom. The van der Waals surface area contributed by atoms with Crippen LogP contribution in [-0.4, -0.2) is 15.9 Å². The molecule has 0 aliphatic carbocycles. The van der Waals surface area contributed by atoms with Gasteiger partial charge in [0, 0.05) is 13.0 Å². The summed E-state index contributed by atoms with van der Waals surface area (Å²) in [6.45, 7) is 1.43. The average Bonchev–Trinajstić information content (AvgIpc) is 2.31. The van der Waals surface area contributed by atoms with Crippen LogP contribution in [0.2, 0.25) is 5.15 Å². The first-order valence-corrected chi connectivity index (χ1v) is 5.55. The second kappa shape index (κ2) is 5.46. The van der Waals surface area contributed by atoms with E-state index >= 15 is 0 Å². The van der Waals surface area contributed by atoms with Crippen LogP contribution >= 0.6 is 11.6 Å². The zero-order valence-electron chi connectivity index (χ0n) is 9.55. The van der Waals surface area contributed by atoms with Crippen molar-refractivity contribution in [2.24, 2.45) is 0 Å². The van der Waals surface area contributed by atoms with Crippen LogP contribution in [0, 0.1) is 0 Å². The molecule has 0 aliphatic rings. The SMILES string of the molecule is CC(=O)Nc1ccccc1Oc1cc(Cl)ncn1. The highest BCUT2D eigenvalue weighted by atomic mass is 35.5. The molecule has 0 fully saturated rings. The first-order valence-electron chi connectivity index (χ1n) is 5.17. The van der Waals surface area contributed by atoms with Crippen LogP contribution in [0.15, 0.2) is 36.7 Å². The minimum atomic E-state index is -0.174. The molecule has 92 valence electrons. The zero-order valence-corrected chi connectivity index (χ0v) is 10.3. The van der Waals surface area contributed by atoms with Gasteiger partial charge in [-0.1, -0.05) is 23.7 Å². The molecule has 0 bridgehead atoms. The lowest BCUT2D eigenvalue weighted by atomic mass is 10.3. The van der Waals surface area contributed by atoms with Gasteiger partial charge >= 0.3 is 0 Å². The van der Waals surface area contributed by atoms with Crippen LogP contribution in [0.5, 0.6) is 11.6 Å². The number of amides is 1. The van der Waals surface area contributed by atoms with Gasteiger partial charge < -0.3 is 10.1 Å². The molecule has 0 spiro atoms. The number of nitrogens with zero attached hydrogens (tertiary/aromatic N) is 2. The highest BCUT2D eigenvalue weighted by Gasteiger charge is 2.06. The Kier molecular flexibility index (Phi) is 3.74. The maximum Gasteiger partial charge on any atom is 0.223 e. The summed E-state index contributed by atoms with van der Waals surface area (Å²) in [7, 11) is 0. The first-order chi connectivity index (χ1) is 8.65. The van der Waals surface area contributed by atoms with E-state index in [-0.39, 0.29) is 11.1 Å². The Morgan fingerprint density at radius 1 is 1.33 bits per heavy atom. The quantitative estimate of drug-likeness (QED) is 0.865. The normalized spacial score (nSPS) is 9.89. The first kappa shape index (κ1) is 12.3. The molecule has 5 nitrogen and oxygen atoms in total. The summed E-state index contributed by atoms with van der Waals surface area (Å²) in [5.41, 5.74) is 0.569. The van der Waals surface area contributed by atoms with Crippen molar-refractivity contribution in [3.8, 4) is 11.6 Å². The number of anilines is 1. The molecule has 0 atom stereocenters. The zero-order chi connectivity index (χ0) is 13.0. The van der Waals surface area contributed by atoms with Crippen LogP contribution < -0.4 is 10.1 Å². The number of rotatable bonds is 3. The highest BCUT2D eigenvalue weighted by Crippen LogP contribution is 2.28. The molecule has 2 aromatic rings. The predicted octanol–water partition coefficient (Wildman–Crippen LogP) is 2.88. The molecule has 0 saturated carbocycles. The number of halogens is 1. The Labute approximate surface area is 109 Å². The van der Waals surface area contributed by atoms with E-state index in [0.717, 1.165) is 0 Å². The van der Waals surface area contributed by atoms with Gasteiger partial charge in [-0.05, 0) is 12.1 Å². The maximum atomic E-state index is 11.1. The molecule has 1 amide bonds. The van der Waals surface area contributed by atoms with Crippen molar-refractivity contribution in [1.29, 1.82) is 0 Å². The lowest BCUT2D eigenvalue weighted by molar-refractivity contribution is -0.114. The third kappa shape index (κ3) is 3.18. The van der Waals surface area contributed by atoms with Gasteiger partial charge in [0.25, 0.3) is 0 Å². The number of carbonyl (C=O) groups is 1. The summed E-state index contributed by atoms with van der Waals surface area (Å²) < 4.78 is 5.54. The molecule has 1 heterocycles. The largest absolute Gasteiger partial charge is 0.437 e. The Morgan fingerprint density at radius 3 is 2.83 bits per heavy atom. The average molecular weight is 264 g/mol. The van der Waals surface area contributed by atoms with Crippen LogP contribution in [0.4, 0.5) is 5.69 Å². The van der Waals surface area contributed by atoms with Crippen molar-refractivity contribution < 1.29 is 9.53 Å². The van der Waals surface area contributed by atoms with E-state index in [1.165, 1.54) is 19.3 Å². The molecule has 6 heteroatoms. The lowest BCUT2D eigenvalue weighted by Crippen LogP contribution is -2.06. The van der Waals surface area contributed by atoms with Crippen LogP contribution in [0.1, 0.15) is 6.92 Å². The summed E-state index contributed by atoms with van der Waals surface area (Å²) in [6.07, 6.45) is 1.30. The summed E-state index contributed by atoms with van der Waals surface area (Å²) in [6, 6.07) is 8.54. The fraction of sp³-hybridized carbons (Fsp3) is 0.0833. The molecular formula is C12H10ClN3O2. The fourth-order valence-corrected chi connectivity index (χ4v) is 1.47. The van der Waals surface area contributed by atoms with Gasteiger partial charge in [0.15, 0.2) is 5.75 Å². The fourth-order valence-electron chi connectivity index (χ4n) is 1.33.